The van der Waals surface area contributed by atoms with Gasteiger partial charge in [0, 0.05) is 50.5 Å². The summed E-state index contributed by atoms with van der Waals surface area (Å²) in [6, 6.07) is 1.61. The van der Waals surface area contributed by atoms with Crippen molar-refractivity contribution in [2.24, 2.45) is 0 Å². The quantitative estimate of drug-likeness (QED) is 0.775. The van der Waals surface area contributed by atoms with Crippen molar-refractivity contribution < 1.29 is 4.79 Å². The van der Waals surface area contributed by atoms with Gasteiger partial charge < -0.3 is 14.7 Å². The molecule has 2 aromatic heterocycles. The molecule has 1 unspecified atom stereocenters. The number of halogens is 2. The summed E-state index contributed by atoms with van der Waals surface area (Å²) in [5.74, 6) is 0.931. The van der Waals surface area contributed by atoms with Gasteiger partial charge in [-0.15, -0.1) is 11.3 Å². The van der Waals surface area contributed by atoms with Gasteiger partial charge >= 0.3 is 0 Å². The monoisotopic (exact) mass is 411 g/mol. The normalized spacial score (nSPS) is 20.7. The maximum absolute atomic E-state index is 13.0. The average molecular weight is 412 g/mol. The SMILES string of the molecule is O=C(C1CCCN1c1nccs1)N1CCN(c2ncc(Cl)cc2Cl)CC1. The number of carbonyl (C=O) groups is 1. The van der Waals surface area contributed by atoms with E-state index in [-0.39, 0.29) is 11.9 Å². The molecule has 0 spiro atoms. The summed E-state index contributed by atoms with van der Waals surface area (Å²) in [4.78, 5) is 28.0. The van der Waals surface area contributed by atoms with Gasteiger partial charge in [-0.05, 0) is 18.9 Å². The van der Waals surface area contributed by atoms with Crippen molar-refractivity contribution in [2.75, 3.05) is 42.5 Å². The largest absolute Gasteiger partial charge is 0.352 e. The number of hydrogen-bond donors (Lipinski definition) is 0. The van der Waals surface area contributed by atoms with Crippen molar-refractivity contribution in [3.8, 4) is 0 Å². The Morgan fingerprint density at radius 2 is 1.96 bits per heavy atom. The van der Waals surface area contributed by atoms with Crippen LogP contribution in [0.3, 0.4) is 0 Å². The summed E-state index contributed by atoms with van der Waals surface area (Å²) in [5.41, 5.74) is 0. The second kappa shape index (κ2) is 7.58. The van der Waals surface area contributed by atoms with Crippen LogP contribution in [0.5, 0.6) is 0 Å². The van der Waals surface area contributed by atoms with Crippen LogP contribution < -0.4 is 9.80 Å². The van der Waals surface area contributed by atoms with Crippen molar-refractivity contribution in [1.82, 2.24) is 14.9 Å². The van der Waals surface area contributed by atoms with E-state index >= 15 is 0 Å². The van der Waals surface area contributed by atoms with E-state index < -0.39 is 0 Å². The summed E-state index contributed by atoms with van der Waals surface area (Å²) in [6.45, 7) is 3.66. The van der Waals surface area contributed by atoms with Crippen molar-refractivity contribution in [2.45, 2.75) is 18.9 Å². The molecule has 2 aliphatic rings. The minimum Gasteiger partial charge on any atom is -0.352 e. The third-order valence-electron chi connectivity index (χ3n) is 4.88. The molecule has 26 heavy (non-hydrogen) atoms. The molecule has 0 N–H and O–H groups in total. The molecule has 2 fully saturated rings. The molecule has 0 radical (unpaired) electrons. The van der Waals surface area contributed by atoms with Gasteiger partial charge in [0.15, 0.2) is 5.13 Å². The van der Waals surface area contributed by atoms with Crippen molar-refractivity contribution >= 4 is 51.4 Å². The predicted molar refractivity (Wildman–Crippen MR) is 106 cm³/mol. The zero-order valence-corrected chi connectivity index (χ0v) is 16.5. The third-order valence-corrected chi connectivity index (χ3v) is 6.18. The van der Waals surface area contributed by atoms with Crippen LogP contribution in [0.1, 0.15) is 12.8 Å². The highest BCUT2D eigenvalue weighted by Gasteiger charge is 2.36. The predicted octanol–water partition coefficient (Wildman–Crippen LogP) is 3.16. The van der Waals surface area contributed by atoms with Crippen LogP contribution in [-0.4, -0.2) is 59.5 Å². The fourth-order valence-corrected chi connectivity index (χ4v) is 4.82. The second-order valence-electron chi connectivity index (χ2n) is 6.44. The zero-order valence-electron chi connectivity index (χ0n) is 14.1. The van der Waals surface area contributed by atoms with E-state index in [0.29, 0.717) is 36.2 Å². The lowest BCUT2D eigenvalue weighted by molar-refractivity contribution is -0.132. The molecule has 2 saturated heterocycles. The van der Waals surface area contributed by atoms with Crippen molar-refractivity contribution in [3.05, 3.63) is 33.9 Å². The highest BCUT2D eigenvalue weighted by atomic mass is 35.5. The molecule has 0 bridgehead atoms. The lowest BCUT2D eigenvalue weighted by atomic mass is 10.1. The fraction of sp³-hybridized carbons (Fsp3) is 0.471. The van der Waals surface area contributed by atoms with Gasteiger partial charge in [-0.1, -0.05) is 23.2 Å². The lowest BCUT2D eigenvalue weighted by Crippen LogP contribution is -2.54. The molecule has 2 aromatic rings. The first kappa shape index (κ1) is 17.8. The number of pyridine rings is 1. The summed E-state index contributed by atoms with van der Waals surface area (Å²) in [6.07, 6.45) is 5.32. The molecular weight excluding hydrogens is 393 g/mol. The first-order valence-corrected chi connectivity index (χ1v) is 10.3. The topological polar surface area (TPSA) is 52.6 Å². The van der Waals surface area contributed by atoms with Gasteiger partial charge in [-0.25, -0.2) is 9.97 Å². The smallest absolute Gasteiger partial charge is 0.245 e. The standard InChI is InChI=1S/C17H19Cl2N5OS/c18-12-10-13(19)15(21-11-12)22-5-7-23(8-6-22)16(25)14-2-1-4-24(14)17-20-3-9-26-17/h3,9-11,14H,1-2,4-8H2. The van der Waals surface area contributed by atoms with Gasteiger partial charge in [0.2, 0.25) is 5.91 Å². The lowest BCUT2D eigenvalue weighted by Gasteiger charge is -2.38. The molecule has 1 amide bonds. The maximum Gasteiger partial charge on any atom is 0.245 e. The highest BCUT2D eigenvalue weighted by molar-refractivity contribution is 7.13. The molecule has 0 aromatic carbocycles. The van der Waals surface area contributed by atoms with E-state index in [2.05, 4.69) is 19.8 Å². The van der Waals surface area contributed by atoms with Crippen LogP contribution in [0, 0.1) is 0 Å². The Bertz CT molecular complexity index is 779. The van der Waals surface area contributed by atoms with E-state index in [9.17, 15) is 4.79 Å². The number of piperazine rings is 1. The molecule has 0 saturated carbocycles. The Balaban J connectivity index is 1.40. The van der Waals surface area contributed by atoms with Gasteiger partial charge in [-0.3, -0.25) is 4.79 Å². The van der Waals surface area contributed by atoms with Crippen molar-refractivity contribution in [1.29, 1.82) is 0 Å². The van der Waals surface area contributed by atoms with E-state index in [1.807, 2.05) is 10.3 Å². The molecule has 2 aliphatic heterocycles. The van der Waals surface area contributed by atoms with Crippen molar-refractivity contribution in [3.63, 3.8) is 0 Å². The zero-order chi connectivity index (χ0) is 18.1. The van der Waals surface area contributed by atoms with Crippen LogP contribution in [0.2, 0.25) is 10.0 Å². The summed E-state index contributed by atoms with van der Waals surface area (Å²) >= 11 is 13.8. The van der Waals surface area contributed by atoms with Crippen LogP contribution in [0.15, 0.2) is 23.8 Å². The Morgan fingerprint density at radius 3 is 2.65 bits per heavy atom. The van der Waals surface area contributed by atoms with Gasteiger partial charge in [-0.2, -0.15) is 0 Å². The second-order valence-corrected chi connectivity index (χ2v) is 8.15. The number of thiazole rings is 1. The maximum atomic E-state index is 13.0. The summed E-state index contributed by atoms with van der Waals surface area (Å²) < 4.78 is 0. The Hall–Kier alpha value is -1.57. The molecule has 6 nitrogen and oxygen atoms in total. The Kier molecular flexibility index (Phi) is 5.20. The molecule has 9 heteroatoms. The number of aromatic nitrogens is 2. The van der Waals surface area contributed by atoms with Crippen LogP contribution in [-0.2, 0) is 4.79 Å². The molecule has 1 atom stereocenters. The molecule has 4 rings (SSSR count). The van der Waals surface area contributed by atoms with E-state index in [1.165, 1.54) is 0 Å². The van der Waals surface area contributed by atoms with E-state index in [4.69, 9.17) is 23.2 Å². The Morgan fingerprint density at radius 1 is 1.15 bits per heavy atom. The van der Waals surface area contributed by atoms with Gasteiger partial charge in [0.25, 0.3) is 0 Å². The first-order chi connectivity index (χ1) is 12.6. The molecule has 4 heterocycles. The number of amides is 1. The number of rotatable bonds is 3. The molecule has 138 valence electrons. The van der Waals surface area contributed by atoms with E-state index in [1.54, 1.807) is 29.8 Å². The van der Waals surface area contributed by atoms with Crippen LogP contribution in [0.4, 0.5) is 10.9 Å². The fourth-order valence-electron chi connectivity index (χ4n) is 3.60. The number of anilines is 2. The number of nitrogens with zero attached hydrogens (tertiary/aromatic N) is 5. The minimum absolute atomic E-state index is 0.0926. The highest BCUT2D eigenvalue weighted by Crippen LogP contribution is 2.30. The third kappa shape index (κ3) is 3.48. The van der Waals surface area contributed by atoms with Gasteiger partial charge in [0.05, 0.1) is 10.0 Å². The molecule has 0 aliphatic carbocycles. The minimum atomic E-state index is -0.0926. The number of hydrogen-bond acceptors (Lipinski definition) is 6. The summed E-state index contributed by atoms with van der Waals surface area (Å²) in [7, 11) is 0. The summed E-state index contributed by atoms with van der Waals surface area (Å²) in [5, 5.41) is 3.97. The van der Waals surface area contributed by atoms with Crippen LogP contribution >= 0.6 is 34.5 Å². The average Bonchev–Trinajstić information content (AvgIpc) is 3.32. The first-order valence-electron chi connectivity index (χ1n) is 8.64. The van der Waals surface area contributed by atoms with E-state index in [0.717, 1.165) is 30.3 Å². The number of carbonyl (C=O) groups excluding carboxylic acids is 1. The Labute approximate surface area is 166 Å². The van der Waals surface area contributed by atoms with Crippen LogP contribution in [0.25, 0.3) is 0 Å². The molecular formula is C17H19Cl2N5OS. The van der Waals surface area contributed by atoms with Gasteiger partial charge in [0.1, 0.15) is 11.9 Å².